The topological polar surface area (TPSA) is 67.1 Å². The van der Waals surface area contributed by atoms with Gasteiger partial charge in [-0.05, 0) is 31.5 Å². The number of nitrogens with zero attached hydrogens (tertiary/aromatic N) is 4. The van der Waals surface area contributed by atoms with Crippen molar-refractivity contribution >= 4 is 11.5 Å². The van der Waals surface area contributed by atoms with Gasteiger partial charge in [0.05, 0.1) is 29.8 Å². The minimum Gasteiger partial charge on any atom is -0.365 e. The Hall–Kier alpha value is -2.68. The van der Waals surface area contributed by atoms with Gasteiger partial charge in [0.1, 0.15) is 17.2 Å². The number of rotatable bonds is 3. The molecule has 0 spiro atoms. The second-order valence-corrected chi connectivity index (χ2v) is 6.26. The van der Waals surface area contributed by atoms with Crippen molar-refractivity contribution in [3.05, 3.63) is 42.5 Å². The Labute approximate surface area is 147 Å². The summed E-state index contributed by atoms with van der Waals surface area (Å²) in [5, 5.41) is 6.63. The van der Waals surface area contributed by atoms with Gasteiger partial charge in [-0.15, -0.1) is 0 Å². The molecule has 9 heteroatoms. The van der Waals surface area contributed by atoms with E-state index in [0.717, 1.165) is 38.2 Å². The number of hydrogen-bond acceptors (Lipinski definition) is 5. The van der Waals surface area contributed by atoms with Gasteiger partial charge < -0.3 is 10.6 Å². The van der Waals surface area contributed by atoms with Crippen molar-refractivity contribution in [2.45, 2.75) is 25.1 Å². The number of halogens is 3. The lowest BCUT2D eigenvalue weighted by molar-refractivity contribution is -0.137. The fourth-order valence-electron chi connectivity index (χ4n) is 3.08. The van der Waals surface area contributed by atoms with E-state index < -0.39 is 11.7 Å². The van der Waals surface area contributed by atoms with E-state index in [2.05, 4.69) is 25.6 Å². The lowest BCUT2D eigenvalue weighted by atomic mass is 10.1. The zero-order chi connectivity index (χ0) is 18.1. The van der Waals surface area contributed by atoms with E-state index in [1.165, 1.54) is 22.9 Å². The molecular weight excluding hydrogens is 345 g/mol. The normalized spacial score (nSPS) is 18.2. The molecule has 1 fully saturated rings. The van der Waals surface area contributed by atoms with Crippen molar-refractivity contribution < 1.29 is 13.2 Å². The largest absolute Gasteiger partial charge is 0.417 e. The first-order valence-electron chi connectivity index (χ1n) is 8.35. The molecule has 136 valence electrons. The van der Waals surface area contributed by atoms with Crippen LogP contribution in [0.4, 0.5) is 19.0 Å². The summed E-state index contributed by atoms with van der Waals surface area (Å²) >= 11 is 0. The molecule has 0 saturated carbocycles. The molecule has 1 atom stereocenters. The van der Waals surface area contributed by atoms with Gasteiger partial charge in [-0.1, -0.05) is 0 Å². The summed E-state index contributed by atoms with van der Waals surface area (Å²) in [6, 6.07) is 2.62. The SMILES string of the molecule is FC(F)(F)c1ccc2ncc(-c3cncc(N[C@@H]4CCCNC4)n3)n2c1. The van der Waals surface area contributed by atoms with Crippen molar-refractivity contribution in [3.8, 4) is 11.4 Å². The maximum Gasteiger partial charge on any atom is 0.417 e. The molecule has 1 aliphatic rings. The van der Waals surface area contributed by atoms with Crippen molar-refractivity contribution in [3.63, 3.8) is 0 Å². The third-order valence-corrected chi connectivity index (χ3v) is 4.38. The van der Waals surface area contributed by atoms with Gasteiger partial charge in [0.2, 0.25) is 0 Å². The van der Waals surface area contributed by atoms with Gasteiger partial charge >= 0.3 is 6.18 Å². The monoisotopic (exact) mass is 362 g/mol. The fourth-order valence-corrected chi connectivity index (χ4v) is 3.08. The molecule has 3 aromatic rings. The molecule has 1 saturated heterocycles. The fraction of sp³-hybridized carbons (Fsp3) is 0.353. The minimum absolute atomic E-state index is 0.257. The molecule has 2 N–H and O–H groups in total. The van der Waals surface area contributed by atoms with Crippen molar-refractivity contribution in [2.24, 2.45) is 0 Å². The zero-order valence-electron chi connectivity index (χ0n) is 13.8. The van der Waals surface area contributed by atoms with Gasteiger partial charge in [0, 0.05) is 18.8 Å². The molecule has 0 bridgehead atoms. The third-order valence-electron chi connectivity index (χ3n) is 4.38. The number of alkyl halides is 3. The minimum atomic E-state index is -4.42. The number of imidazole rings is 1. The molecule has 0 unspecified atom stereocenters. The first kappa shape index (κ1) is 16.8. The molecule has 1 aliphatic heterocycles. The van der Waals surface area contributed by atoms with E-state index in [1.807, 2.05) is 0 Å². The smallest absolute Gasteiger partial charge is 0.365 e. The molecule has 4 heterocycles. The van der Waals surface area contributed by atoms with Gasteiger partial charge in [0.15, 0.2) is 0 Å². The summed E-state index contributed by atoms with van der Waals surface area (Å²) in [6.07, 6.45) is 3.37. The van der Waals surface area contributed by atoms with Gasteiger partial charge in [-0.3, -0.25) is 9.38 Å². The van der Waals surface area contributed by atoms with Crippen LogP contribution in [0.3, 0.4) is 0 Å². The second kappa shape index (κ2) is 6.56. The summed E-state index contributed by atoms with van der Waals surface area (Å²) in [5.41, 5.74) is 0.610. The highest BCUT2D eigenvalue weighted by Crippen LogP contribution is 2.30. The molecular formula is C17H17F3N6. The van der Waals surface area contributed by atoms with Crippen LogP contribution < -0.4 is 10.6 Å². The second-order valence-electron chi connectivity index (χ2n) is 6.26. The van der Waals surface area contributed by atoms with Crippen molar-refractivity contribution in [1.29, 1.82) is 0 Å². The van der Waals surface area contributed by atoms with Crippen LogP contribution in [0.15, 0.2) is 36.9 Å². The predicted octanol–water partition coefficient (Wildman–Crippen LogP) is 2.97. The molecule has 4 rings (SSSR count). The van der Waals surface area contributed by atoms with E-state index in [1.54, 1.807) is 6.20 Å². The number of nitrogens with one attached hydrogen (secondary N) is 2. The van der Waals surface area contributed by atoms with Crippen LogP contribution >= 0.6 is 0 Å². The van der Waals surface area contributed by atoms with E-state index >= 15 is 0 Å². The standard InChI is InChI=1S/C17H17F3N6/c18-17(19,20)11-3-4-16-23-8-14(26(16)10-11)13-7-22-9-15(25-13)24-12-2-1-5-21-6-12/h3-4,7-10,12,21H,1-2,5-6H2,(H,24,25)/t12-/m1/s1. The third kappa shape index (κ3) is 3.34. The molecule has 0 aliphatic carbocycles. The maximum atomic E-state index is 13.0. The van der Waals surface area contributed by atoms with Gasteiger partial charge in [-0.2, -0.15) is 13.2 Å². The maximum absolute atomic E-state index is 13.0. The molecule has 0 radical (unpaired) electrons. The van der Waals surface area contributed by atoms with E-state index in [-0.39, 0.29) is 6.04 Å². The average molecular weight is 362 g/mol. The number of piperidine rings is 1. The summed E-state index contributed by atoms with van der Waals surface area (Å²) in [5.74, 6) is 0.595. The first-order valence-corrected chi connectivity index (χ1v) is 8.35. The summed E-state index contributed by atoms with van der Waals surface area (Å²) in [6.45, 7) is 1.85. The highest BCUT2D eigenvalue weighted by molar-refractivity contribution is 5.61. The van der Waals surface area contributed by atoms with E-state index in [4.69, 9.17) is 0 Å². The van der Waals surface area contributed by atoms with E-state index in [9.17, 15) is 13.2 Å². The molecule has 26 heavy (non-hydrogen) atoms. The van der Waals surface area contributed by atoms with Crippen LogP contribution in [0.5, 0.6) is 0 Å². The Morgan fingerprint density at radius 2 is 2.08 bits per heavy atom. The Morgan fingerprint density at radius 1 is 1.19 bits per heavy atom. The average Bonchev–Trinajstić information content (AvgIpc) is 3.05. The lowest BCUT2D eigenvalue weighted by Gasteiger charge is -2.24. The number of hydrogen-bond donors (Lipinski definition) is 2. The number of aromatic nitrogens is 4. The molecule has 6 nitrogen and oxygen atoms in total. The summed E-state index contributed by atoms with van der Waals surface area (Å²) in [4.78, 5) is 12.8. The Balaban J connectivity index is 1.67. The Morgan fingerprint density at radius 3 is 2.85 bits per heavy atom. The van der Waals surface area contributed by atoms with Crippen LogP contribution in [0.1, 0.15) is 18.4 Å². The summed E-state index contributed by atoms with van der Waals surface area (Å²) < 4.78 is 40.4. The van der Waals surface area contributed by atoms with E-state index in [0.29, 0.717) is 22.9 Å². The Kier molecular flexibility index (Phi) is 4.23. The zero-order valence-corrected chi connectivity index (χ0v) is 13.8. The summed E-state index contributed by atoms with van der Waals surface area (Å²) in [7, 11) is 0. The number of fused-ring (bicyclic) bond motifs is 1. The van der Waals surface area contributed by atoms with Gasteiger partial charge in [-0.25, -0.2) is 9.97 Å². The molecule has 3 aromatic heterocycles. The Bertz CT molecular complexity index is 914. The van der Waals surface area contributed by atoms with Crippen LogP contribution in [-0.2, 0) is 6.18 Å². The highest BCUT2D eigenvalue weighted by atomic mass is 19.4. The predicted molar refractivity (Wildman–Crippen MR) is 90.7 cm³/mol. The molecule has 0 aromatic carbocycles. The first-order chi connectivity index (χ1) is 12.5. The molecule has 0 amide bonds. The van der Waals surface area contributed by atoms with Crippen molar-refractivity contribution in [2.75, 3.05) is 18.4 Å². The van der Waals surface area contributed by atoms with Crippen LogP contribution in [-0.4, -0.2) is 38.5 Å². The van der Waals surface area contributed by atoms with Crippen LogP contribution in [0, 0.1) is 0 Å². The van der Waals surface area contributed by atoms with Crippen molar-refractivity contribution in [1.82, 2.24) is 24.7 Å². The number of pyridine rings is 1. The lowest BCUT2D eigenvalue weighted by Crippen LogP contribution is -2.38. The van der Waals surface area contributed by atoms with Crippen LogP contribution in [0.2, 0.25) is 0 Å². The van der Waals surface area contributed by atoms with Crippen LogP contribution in [0.25, 0.3) is 17.0 Å². The van der Waals surface area contributed by atoms with Gasteiger partial charge in [0.25, 0.3) is 0 Å². The quantitative estimate of drug-likeness (QED) is 0.750. The number of anilines is 1. The highest BCUT2D eigenvalue weighted by Gasteiger charge is 2.31.